The lowest BCUT2D eigenvalue weighted by Gasteiger charge is -2.35. The molecule has 0 radical (unpaired) electrons. The Bertz CT molecular complexity index is 1060. The largest absolute Gasteiger partial charge is 0.327 e. The summed E-state index contributed by atoms with van der Waals surface area (Å²) in [5.74, 6) is -0.0495. The van der Waals surface area contributed by atoms with Crippen LogP contribution < -0.4 is 5.32 Å². The van der Waals surface area contributed by atoms with E-state index in [-0.39, 0.29) is 41.5 Å². The highest BCUT2D eigenvalue weighted by Crippen LogP contribution is 2.46. The molecule has 1 aliphatic carbocycles. The number of carbonyl (C=O) groups is 3. The third-order valence-electron chi connectivity index (χ3n) is 6.15. The number of carbonyl (C=O) groups excluding carboxylic acids is 3. The van der Waals surface area contributed by atoms with E-state index in [4.69, 9.17) is 23.2 Å². The highest BCUT2D eigenvalue weighted by atomic mass is 35.5. The van der Waals surface area contributed by atoms with Crippen LogP contribution in [-0.2, 0) is 4.79 Å². The number of piperazine rings is 1. The Kier molecular flexibility index (Phi) is 5.02. The van der Waals surface area contributed by atoms with Crippen molar-refractivity contribution in [2.75, 3.05) is 25.0 Å². The third kappa shape index (κ3) is 3.51. The van der Waals surface area contributed by atoms with Gasteiger partial charge in [0, 0.05) is 25.0 Å². The Morgan fingerprint density at radius 1 is 1.00 bits per heavy atom. The Balaban J connectivity index is 1.27. The molecule has 3 atom stereocenters. The summed E-state index contributed by atoms with van der Waals surface area (Å²) in [6.07, 6.45) is 0.777. The monoisotopic (exact) mass is 458 g/mol. The molecule has 160 valence electrons. The van der Waals surface area contributed by atoms with Gasteiger partial charge in [0.25, 0.3) is 5.91 Å². The van der Waals surface area contributed by atoms with Gasteiger partial charge in [-0.05, 0) is 24.1 Å². The Morgan fingerprint density at radius 2 is 1.77 bits per heavy atom. The van der Waals surface area contributed by atoms with Gasteiger partial charge < -0.3 is 15.1 Å². The van der Waals surface area contributed by atoms with Crippen molar-refractivity contribution in [1.29, 1.82) is 0 Å². The van der Waals surface area contributed by atoms with Crippen LogP contribution in [0.1, 0.15) is 17.9 Å². The summed E-state index contributed by atoms with van der Waals surface area (Å²) < 4.78 is 0. The van der Waals surface area contributed by atoms with Crippen molar-refractivity contribution in [3.8, 4) is 0 Å². The van der Waals surface area contributed by atoms with Crippen molar-refractivity contribution in [2.45, 2.75) is 24.4 Å². The van der Waals surface area contributed by atoms with Crippen LogP contribution >= 0.6 is 23.2 Å². The molecule has 2 aromatic carbocycles. The molecule has 2 heterocycles. The van der Waals surface area contributed by atoms with Gasteiger partial charge in [-0.1, -0.05) is 59.6 Å². The number of urea groups is 2. The lowest BCUT2D eigenvalue weighted by atomic mass is 10.1. The number of imide groups is 1. The first-order valence-electron chi connectivity index (χ1n) is 10.1. The molecule has 5 rings (SSSR count). The Labute approximate surface area is 189 Å². The van der Waals surface area contributed by atoms with Crippen LogP contribution in [0.2, 0.25) is 10.0 Å². The minimum Gasteiger partial charge on any atom is -0.320 e. The maximum absolute atomic E-state index is 13.1. The maximum Gasteiger partial charge on any atom is 0.327 e. The number of fused-ring (bicyclic) bond motifs is 1. The number of benzene rings is 2. The standard InChI is InChI=1S/C22H20Cl2N4O3/c23-15-7-4-8-16(19(15)24)25-21(30)26-9-10-27-18(12-26)20(29)28(22(27)31)17-11-14(17)13-5-2-1-3-6-13/h1-8,14,17-18H,9-12H2,(H,25,30)/t14-,17+,18-/m1/s1. The van der Waals surface area contributed by atoms with E-state index < -0.39 is 6.04 Å². The second-order valence-electron chi connectivity index (χ2n) is 8.00. The minimum absolute atomic E-state index is 0.111. The average Bonchev–Trinajstić information content (AvgIpc) is 3.52. The molecule has 2 aliphatic heterocycles. The first kappa shape index (κ1) is 20.2. The van der Waals surface area contributed by atoms with Crippen LogP contribution in [-0.4, -0.2) is 64.4 Å². The molecule has 9 heteroatoms. The molecule has 1 N–H and O–H groups in total. The number of nitrogens with zero attached hydrogens (tertiary/aromatic N) is 3. The lowest BCUT2D eigenvalue weighted by Crippen LogP contribution is -2.55. The van der Waals surface area contributed by atoms with Gasteiger partial charge >= 0.3 is 12.1 Å². The van der Waals surface area contributed by atoms with Gasteiger partial charge in [0.05, 0.1) is 22.3 Å². The zero-order valence-electron chi connectivity index (χ0n) is 16.5. The minimum atomic E-state index is -0.654. The predicted molar refractivity (Wildman–Crippen MR) is 117 cm³/mol. The number of anilines is 1. The molecule has 2 saturated heterocycles. The van der Waals surface area contributed by atoms with Crippen molar-refractivity contribution >= 4 is 46.9 Å². The first-order chi connectivity index (χ1) is 15.0. The fourth-order valence-corrected chi connectivity index (χ4v) is 4.77. The zero-order chi connectivity index (χ0) is 21.7. The van der Waals surface area contributed by atoms with Crippen molar-refractivity contribution in [3.63, 3.8) is 0 Å². The molecule has 3 aliphatic rings. The van der Waals surface area contributed by atoms with E-state index in [2.05, 4.69) is 5.32 Å². The van der Waals surface area contributed by atoms with Gasteiger partial charge in [-0.25, -0.2) is 9.59 Å². The predicted octanol–water partition coefficient (Wildman–Crippen LogP) is 4.03. The van der Waals surface area contributed by atoms with Gasteiger partial charge in [0.1, 0.15) is 6.04 Å². The van der Waals surface area contributed by atoms with Crippen molar-refractivity contribution in [3.05, 3.63) is 64.1 Å². The summed E-state index contributed by atoms with van der Waals surface area (Å²) in [6, 6.07) is 13.5. The SMILES string of the molecule is O=C(Nc1cccc(Cl)c1Cl)N1CCN2C(=O)N([C@H]3C[C@@H]3c3ccccc3)C(=O)[C@H]2C1. The van der Waals surface area contributed by atoms with Crippen molar-refractivity contribution < 1.29 is 14.4 Å². The Hall–Kier alpha value is -2.77. The second kappa shape index (κ2) is 7.73. The zero-order valence-corrected chi connectivity index (χ0v) is 18.0. The van der Waals surface area contributed by atoms with Crippen LogP contribution in [0.4, 0.5) is 15.3 Å². The average molecular weight is 459 g/mol. The summed E-state index contributed by atoms with van der Waals surface area (Å²) in [7, 11) is 0. The number of rotatable bonds is 3. The van der Waals surface area contributed by atoms with E-state index in [9.17, 15) is 14.4 Å². The summed E-state index contributed by atoms with van der Waals surface area (Å²) in [5, 5.41) is 3.34. The molecule has 2 aromatic rings. The fraction of sp³-hybridized carbons (Fsp3) is 0.318. The quantitative estimate of drug-likeness (QED) is 0.705. The molecule has 31 heavy (non-hydrogen) atoms. The van der Waals surface area contributed by atoms with E-state index in [0.29, 0.717) is 23.8 Å². The van der Waals surface area contributed by atoms with Gasteiger partial charge in [-0.2, -0.15) is 0 Å². The number of hydrogen-bond acceptors (Lipinski definition) is 3. The summed E-state index contributed by atoms with van der Waals surface area (Å²) >= 11 is 12.2. The molecule has 0 unspecified atom stereocenters. The highest BCUT2D eigenvalue weighted by molar-refractivity contribution is 6.43. The number of hydrogen-bond donors (Lipinski definition) is 1. The smallest absolute Gasteiger partial charge is 0.320 e. The van der Waals surface area contributed by atoms with Gasteiger partial charge in [0.2, 0.25) is 0 Å². The fourth-order valence-electron chi connectivity index (χ4n) is 4.43. The van der Waals surface area contributed by atoms with E-state index in [1.807, 2.05) is 30.3 Å². The molecular weight excluding hydrogens is 439 g/mol. The first-order valence-corrected chi connectivity index (χ1v) is 10.9. The van der Waals surface area contributed by atoms with Crippen molar-refractivity contribution in [1.82, 2.24) is 14.7 Å². The van der Waals surface area contributed by atoms with Crippen LogP contribution in [0.5, 0.6) is 0 Å². The normalized spacial score (nSPS) is 25.0. The van der Waals surface area contributed by atoms with Crippen LogP contribution in [0, 0.1) is 0 Å². The second-order valence-corrected chi connectivity index (χ2v) is 8.78. The molecule has 0 bridgehead atoms. The molecule has 0 aromatic heterocycles. The van der Waals surface area contributed by atoms with Gasteiger partial charge in [-0.3, -0.25) is 9.69 Å². The maximum atomic E-state index is 13.1. The molecule has 1 saturated carbocycles. The summed E-state index contributed by atoms with van der Waals surface area (Å²) in [4.78, 5) is 43.3. The number of amides is 5. The van der Waals surface area contributed by atoms with Gasteiger partial charge in [0.15, 0.2) is 0 Å². The topological polar surface area (TPSA) is 73.0 Å². The highest BCUT2D eigenvalue weighted by Gasteiger charge is 2.56. The summed E-state index contributed by atoms with van der Waals surface area (Å²) in [5.41, 5.74) is 1.54. The van der Waals surface area contributed by atoms with E-state index in [0.717, 1.165) is 12.0 Å². The number of halogens is 2. The van der Waals surface area contributed by atoms with Crippen molar-refractivity contribution in [2.24, 2.45) is 0 Å². The molecule has 5 amide bonds. The van der Waals surface area contributed by atoms with E-state index in [1.54, 1.807) is 23.1 Å². The van der Waals surface area contributed by atoms with Crippen LogP contribution in [0.15, 0.2) is 48.5 Å². The third-order valence-corrected chi connectivity index (χ3v) is 6.97. The summed E-state index contributed by atoms with van der Waals surface area (Å²) in [6.45, 7) is 0.791. The van der Waals surface area contributed by atoms with Gasteiger partial charge in [-0.15, -0.1) is 0 Å². The van der Waals surface area contributed by atoms with Crippen LogP contribution in [0.3, 0.4) is 0 Å². The molecule has 3 fully saturated rings. The molecule has 7 nitrogen and oxygen atoms in total. The van der Waals surface area contributed by atoms with E-state index in [1.165, 1.54) is 9.80 Å². The molecule has 0 spiro atoms. The van der Waals surface area contributed by atoms with Crippen LogP contribution in [0.25, 0.3) is 0 Å². The molecular formula is C22H20Cl2N4O3. The van der Waals surface area contributed by atoms with E-state index >= 15 is 0 Å². The Morgan fingerprint density at radius 3 is 2.55 bits per heavy atom. The lowest BCUT2D eigenvalue weighted by molar-refractivity contribution is -0.129. The number of nitrogens with one attached hydrogen (secondary N) is 1.